The molecule has 0 aliphatic carbocycles. The summed E-state index contributed by atoms with van der Waals surface area (Å²) in [6.45, 7) is 8.25. The molecule has 1 N–H and O–H groups in total. The van der Waals surface area contributed by atoms with Gasteiger partial charge in [-0.05, 0) is 58.2 Å². The Morgan fingerprint density at radius 3 is 2.74 bits per heavy atom. The van der Waals surface area contributed by atoms with Crippen LogP contribution in [0.4, 0.5) is 14.9 Å². The van der Waals surface area contributed by atoms with Gasteiger partial charge in [-0.15, -0.1) is 0 Å². The second-order valence-corrected chi connectivity index (χ2v) is 11.5. The van der Waals surface area contributed by atoms with Crippen molar-refractivity contribution in [1.82, 2.24) is 9.88 Å². The fourth-order valence-corrected chi connectivity index (χ4v) is 5.19. The van der Waals surface area contributed by atoms with Gasteiger partial charge in [0.15, 0.2) is 5.82 Å². The highest BCUT2D eigenvalue weighted by Crippen LogP contribution is 2.42. The van der Waals surface area contributed by atoms with Gasteiger partial charge in [0.1, 0.15) is 16.3 Å². The minimum atomic E-state index is -0.591. The second kappa shape index (κ2) is 11.1. The van der Waals surface area contributed by atoms with Crippen molar-refractivity contribution in [3.63, 3.8) is 0 Å². The molecule has 1 atom stereocenters. The molecule has 200 valence electrons. The molecule has 2 heterocycles. The Morgan fingerprint density at radius 1 is 1.32 bits per heavy atom. The Labute approximate surface area is 236 Å². The van der Waals surface area contributed by atoms with E-state index in [9.17, 15) is 10.1 Å². The molecule has 1 amide bonds. The van der Waals surface area contributed by atoms with Crippen LogP contribution in [0.15, 0.2) is 24.3 Å². The van der Waals surface area contributed by atoms with E-state index in [-0.39, 0.29) is 39.8 Å². The number of aryl methyl sites for hydroxylation is 1. The van der Waals surface area contributed by atoms with Crippen LogP contribution < -0.4 is 5.32 Å². The lowest BCUT2D eigenvalue weighted by Crippen LogP contribution is -2.36. The molecule has 1 fully saturated rings. The third-order valence-corrected chi connectivity index (χ3v) is 7.59. The number of nitrogens with zero attached hydrogens (tertiary/aromatic N) is 3. The van der Waals surface area contributed by atoms with Gasteiger partial charge in [-0.25, -0.2) is 14.2 Å². The number of ether oxygens (including phenoxy) is 1. The monoisotopic (exact) mass is 576 g/mol. The number of fused-ring (bicyclic) bond motifs is 1. The number of amides is 1. The van der Waals surface area contributed by atoms with E-state index in [1.807, 2.05) is 33.8 Å². The van der Waals surface area contributed by atoms with Crippen LogP contribution in [-0.2, 0) is 11.2 Å². The van der Waals surface area contributed by atoms with E-state index in [4.69, 9.17) is 39.5 Å². The normalized spacial score (nSPS) is 15.6. The summed E-state index contributed by atoms with van der Waals surface area (Å²) in [6.07, 6.45) is 0.800. The fraction of sp³-hybridized carbons (Fsp3) is 0.393. The largest absolute Gasteiger partial charge is 0.444 e. The van der Waals surface area contributed by atoms with Crippen molar-refractivity contribution in [1.29, 1.82) is 5.26 Å². The van der Waals surface area contributed by atoms with E-state index in [0.29, 0.717) is 58.7 Å². The number of nitrogens with one attached hydrogen (secondary N) is 1. The zero-order valence-electron chi connectivity index (χ0n) is 21.6. The van der Waals surface area contributed by atoms with Gasteiger partial charge in [-0.2, -0.15) is 5.26 Å². The van der Waals surface area contributed by atoms with Crippen LogP contribution in [0.1, 0.15) is 44.7 Å². The molecule has 38 heavy (non-hydrogen) atoms. The highest BCUT2D eigenvalue weighted by atomic mass is 35.5. The molecule has 0 bridgehead atoms. The summed E-state index contributed by atoms with van der Waals surface area (Å²) in [7, 11) is 0. The van der Waals surface area contributed by atoms with Gasteiger partial charge in [-0.3, -0.25) is 0 Å². The van der Waals surface area contributed by atoms with Gasteiger partial charge < -0.3 is 15.0 Å². The van der Waals surface area contributed by atoms with E-state index in [1.54, 1.807) is 23.1 Å². The molecule has 1 aliphatic heterocycles. The molecule has 1 aromatic heterocycles. The van der Waals surface area contributed by atoms with E-state index in [0.717, 1.165) is 0 Å². The van der Waals surface area contributed by atoms with Crippen molar-refractivity contribution < 1.29 is 13.9 Å². The number of carbonyl (C=O) groups excluding carboxylic acids is 1. The highest BCUT2D eigenvalue weighted by Gasteiger charge is 2.31. The maximum Gasteiger partial charge on any atom is 0.410 e. The van der Waals surface area contributed by atoms with Crippen LogP contribution in [-0.4, -0.2) is 40.7 Å². The van der Waals surface area contributed by atoms with Crippen molar-refractivity contribution in [3.8, 4) is 17.2 Å². The molecule has 2 aromatic carbocycles. The van der Waals surface area contributed by atoms with E-state index in [2.05, 4.69) is 16.4 Å². The van der Waals surface area contributed by atoms with Crippen molar-refractivity contribution in [3.05, 3.63) is 56.4 Å². The van der Waals surface area contributed by atoms with E-state index < -0.39 is 11.4 Å². The number of aromatic nitrogens is 1. The average molecular weight is 578 g/mol. The molecule has 1 unspecified atom stereocenters. The third kappa shape index (κ3) is 5.78. The summed E-state index contributed by atoms with van der Waals surface area (Å²) < 4.78 is 21.8. The number of hydrogen-bond acceptors (Lipinski definition) is 5. The number of benzene rings is 2. The summed E-state index contributed by atoms with van der Waals surface area (Å²) in [4.78, 5) is 18.6. The predicted molar refractivity (Wildman–Crippen MR) is 151 cm³/mol. The first-order valence-electron chi connectivity index (χ1n) is 12.3. The third-order valence-electron chi connectivity index (χ3n) is 6.40. The van der Waals surface area contributed by atoms with Gasteiger partial charge in [0, 0.05) is 53.3 Å². The number of carbonyl (C=O) groups is 1. The lowest BCUT2D eigenvalue weighted by Gasteiger charge is -2.25. The van der Waals surface area contributed by atoms with Crippen LogP contribution in [0.2, 0.25) is 15.2 Å². The molecule has 3 aromatic rings. The van der Waals surface area contributed by atoms with Gasteiger partial charge >= 0.3 is 6.09 Å². The molecule has 0 saturated carbocycles. The molecule has 0 radical (unpaired) electrons. The number of anilines is 1. The summed E-state index contributed by atoms with van der Waals surface area (Å²) >= 11 is 19.2. The van der Waals surface area contributed by atoms with Crippen LogP contribution in [0.5, 0.6) is 0 Å². The summed E-state index contributed by atoms with van der Waals surface area (Å²) in [6, 6.07) is 8.88. The standard InChI is InChI=1S/C28H28Cl3FN4O2/c1-15-24(34-17-10-12-36(14-17)27(37)38-28(2,3)4)19-13-16(7-6-11-33)21(23(32)25(19)35-26(15)31)18-8-5-9-20(29)22(18)30/h5,8-9,13,17H,6-7,10,12,14H2,1-4H3,(H,34,35). The summed E-state index contributed by atoms with van der Waals surface area (Å²) in [5, 5.41) is 13.9. The Morgan fingerprint density at radius 2 is 2.05 bits per heavy atom. The van der Waals surface area contributed by atoms with Crippen LogP contribution in [0.25, 0.3) is 22.0 Å². The highest BCUT2D eigenvalue weighted by molar-refractivity contribution is 6.43. The number of hydrogen-bond donors (Lipinski definition) is 1. The van der Waals surface area contributed by atoms with Gasteiger partial charge in [-0.1, -0.05) is 46.9 Å². The van der Waals surface area contributed by atoms with Crippen LogP contribution in [0.3, 0.4) is 0 Å². The SMILES string of the molecule is Cc1c(Cl)nc2c(F)c(-c3cccc(Cl)c3Cl)c(CCC#N)cc2c1NC1CCN(C(=O)OC(C)(C)C)C1. The molecule has 1 saturated heterocycles. The number of likely N-dealkylation sites (tertiary alicyclic amines) is 1. The van der Waals surface area contributed by atoms with Crippen molar-refractivity contribution in [2.75, 3.05) is 18.4 Å². The Balaban J connectivity index is 1.79. The van der Waals surface area contributed by atoms with E-state index >= 15 is 4.39 Å². The van der Waals surface area contributed by atoms with Gasteiger partial charge in [0.2, 0.25) is 0 Å². The molecular weight excluding hydrogens is 550 g/mol. The smallest absolute Gasteiger partial charge is 0.410 e. The molecular formula is C28H28Cl3FN4O2. The zero-order chi connectivity index (χ0) is 27.8. The first-order chi connectivity index (χ1) is 17.9. The Hall–Kier alpha value is -2.79. The van der Waals surface area contributed by atoms with Crippen molar-refractivity contribution in [2.24, 2.45) is 0 Å². The topological polar surface area (TPSA) is 78.3 Å². The predicted octanol–water partition coefficient (Wildman–Crippen LogP) is 8.19. The van der Waals surface area contributed by atoms with Crippen molar-refractivity contribution in [2.45, 2.75) is 58.6 Å². The van der Waals surface area contributed by atoms with Crippen LogP contribution >= 0.6 is 34.8 Å². The maximum atomic E-state index is 16.3. The quantitative estimate of drug-likeness (QED) is 0.309. The van der Waals surface area contributed by atoms with Crippen molar-refractivity contribution >= 4 is 57.5 Å². The minimum absolute atomic E-state index is 0.0804. The lowest BCUT2D eigenvalue weighted by atomic mass is 9.92. The van der Waals surface area contributed by atoms with Gasteiger partial charge in [0.05, 0.1) is 16.1 Å². The molecule has 6 nitrogen and oxygen atoms in total. The first kappa shape index (κ1) is 28.2. The van der Waals surface area contributed by atoms with Crippen LogP contribution in [0, 0.1) is 24.1 Å². The number of nitriles is 1. The zero-order valence-corrected chi connectivity index (χ0v) is 23.9. The summed E-state index contributed by atoms with van der Waals surface area (Å²) in [5.74, 6) is -0.591. The average Bonchev–Trinajstić information content (AvgIpc) is 3.31. The Kier molecular flexibility index (Phi) is 8.27. The Bertz CT molecular complexity index is 1450. The van der Waals surface area contributed by atoms with E-state index in [1.165, 1.54) is 0 Å². The van der Waals surface area contributed by atoms with Gasteiger partial charge in [0.25, 0.3) is 0 Å². The lowest BCUT2D eigenvalue weighted by molar-refractivity contribution is 0.0293. The second-order valence-electron chi connectivity index (χ2n) is 10.3. The molecule has 4 rings (SSSR count). The summed E-state index contributed by atoms with van der Waals surface area (Å²) in [5.41, 5.74) is 2.06. The fourth-order valence-electron chi connectivity index (χ4n) is 4.62. The number of halogens is 4. The molecule has 1 aliphatic rings. The number of rotatable bonds is 5. The minimum Gasteiger partial charge on any atom is -0.444 e. The molecule has 0 spiro atoms. The molecule has 10 heteroatoms. The number of pyridine rings is 1. The maximum absolute atomic E-state index is 16.3. The first-order valence-corrected chi connectivity index (χ1v) is 13.4.